The number of amides is 1. The Balaban J connectivity index is 1.99. The van der Waals surface area contributed by atoms with Crippen LogP contribution in [0.15, 0.2) is 23.0 Å². The predicted molar refractivity (Wildman–Crippen MR) is 54.7 cm³/mol. The zero-order valence-corrected chi connectivity index (χ0v) is 9.01. The SMILES string of the molecule is COC(=O)C1CCN(C(=O)c2ccoc2)C1. The molecule has 5 heteroatoms. The van der Waals surface area contributed by atoms with E-state index in [1.165, 1.54) is 19.6 Å². The van der Waals surface area contributed by atoms with E-state index in [2.05, 4.69) is 4.74 Å². The Kier molecular flexibility index (Phi) is 2.94. The van der Waals surface area contributed by atoms with Gasteiger partial charge < -0.3 is 14.1 Å². The monoisotopic (exact) mass is 223 g/mol. The van der Waals surface area contributed by atoms with Crippen molar-refractivity contribution in [2.75, 3.05) is 20.2 Å². The van der Waals surface area contributed by atoms with Gasteiger partial charge in [-0.05, 0) is 12.5 Å². The van der Waals surface area contributed by atoms with Crippen LogP contribution in [0.25, 0.3) is 0 Å². The van der Waals surface area contributed by atoms with Gasteiger partial charge in [-0.2, -0.15) is 0 Å². The van der Waals surface area contributed by atoms with E-state index in [1.54, 1.807) is 11.0 Å². The molecule has 1 atom stereocenters. The second kappa shape index (κ2) is 4.38. The first-order chi connectivity index (χ1) is 7.72. The van der Waals surface area contributed by atoms with E-state index in [0.717, 1.165) is 0 Å². The predicted octanol–water partition coefficient (Wildman–Crippen LogP) is 0.915. The lowest BCUT2D eigenvalue weighted by molar-refractivity contribution is -0.144. The number of esters is 1. The Morgan fingerprint density at radius 3 is 3.00 bits per heavy atom. The highest BCUT2D eigenvalue weighted by Crippen LogP contribution is 2.19. The van der Waals surface area contributed by atoms with Crippen LogP contribution in [0.5, 0.6) is 0 Å². The molecule has 0 aromatic carbocycles. The van der Waals surface area contributed by atoms with Crippen molar-refractivity contribution in [1.29, 1.82) is 0 Å². The van der Waals surface area contributed by atoms with Gasteiger partial charge in [0.05, 0.1) is 24.9 Å². The number of hydrogen-bond acceptors (Lipinski definition) is 4. The van der Waals surface area contributed by atoms with Crippen molar-refractivity contribution in [1.82, 2.24) is 4.90 Å². The molecular formula is C11H13NO4. The quantitative estimate of drug-likeness (QED) is 0.699. The van der Waals surface area contributed by atoms with Crippen molar-refractivity contribution < 1.29 is 18.7 Å². The third kappa shape index (κ3) is 1.93. The molecule has 0 bridgehead atoms. The summed E-state index contributed by atoms with van der Waals surface area (Å²) in [6, 6.07) is 1.62. The first-order valence-corrected chi connectivity index (χ1v) is 5.11. The molecule has 1 aromatic rings. The lowest BCUT2D eigenvalue weighted by Crippen LogP contribution is -2.29. The summed E-state index contributed by atoms with van der Waals surface area (Å²) in [5.74, 6) is -0.538. The maximum Gasteiger partial charge on any atom is 0.310 e. The minimum Gasteiger partial charge on any atom is -0.472 e. The molecule has 1 fully saturated rings. The Bertz CT molecular complexity index is 385. The fourth-order valence-corrected chi connectivity index (χ4v) is 1.87. The van der Waals surface area contributed by atoms with Gasteiger partial charge in [0.1, 0.15) is 6.26 Å². The van der Waals surface area contributed by atoms with Crippen molar-refractivity contribution in [2.24, 2.45) is 5.92 Å². The van der Waals surface area contributed by atoms with Gasteiger partial charge in [-0.3, -0.25) is 9.59 Å². The van der Waals surface area contributed by atoms with Gasteiger partial charge in [0, 0.05) is 13.1 Å². The van der Waals surface area contributed by atoms with Crippen LogP contribution >= 0.6 is 0 Å². The summed E-state index contributed by atoms with van der Waals surface area (Å²) in [6.07, 6.45) is 3.53. The molecule has 1 aromatic heterocycles. The first kappa shape index (κ1) is 10.7. The van der Waals surface area contributed by atoms with Crippen molar-refractivity contribution >= 4 is 11.9 Å². The minimum absolute atomic E-state index is 0.0971. The molecule has 1 aliphatic heterocycles. The van der Waals surface area contributed by atoms with Crippen LogP contribution in [0.4, 0.5) is 0 Å². The second-order valence-electron chi connectivity index (χ2n) is 3.77. The summed E-state index contributed by atoms with van der Waals surface area (Å²) >= 11 is 0. The first-order valence-electron chi connectivity index (χ1n) is 5.11. The van der Waals surface area contributed by atoms with E-state index in [4.69, 9.17) is 4.42 Å². The highest BCUT2D eigenvalue weighted by atomic mass is 16.5. The largest absolute Gasteiger partial charge is 0.472 e. The number of hydrogen-bond donors (Lipinski definition) is 0. The molecule has 1 amide bonds. The van der Waals surface area contributed by atoms with Crippen LogP contribution in [-0.4, -0.2) is 37.0 Å². The van der Waals surface area contributed by atoms with Crippen LogP contribution in [-0.2, 0) is 9.53 Å². The number of nitrogens with zero attached hydrogens (tertiary/aromatic N) is 1. The highest BCUT2D eigenvalue weighted by Gasteiger charge is 2.32. The lowest BCUT2D eigenvalue weighted by atomic mass is 10.1. The number of carbonyl (C=O) groups is 2. The molecule has 1 saturated heterocycles. The van der Waals surface area contributed by atoms with Crippen LogP contribution in [0, 0.1) is 5.92 Å². The number of methoxy groups -OCH3 is 1. The summed E-state index contributed by atoms with van der Waals surface area (Å²) < 4.78 is 9.51. The molecule has 86 valence electrons. The Hall–Kier alpha value is -1.78. The van der Waals surface area contributed by atoms with E-state index < -0.39 is 0 Å². The van der Waals surface area contributed by atoms with E-state index in [0.29, 0.717) is 25.1 Å². The normalized spacial score (nSPS) is 19.8. The highest BCUT2D eigenvalue weighted by molar-refractivity contribution is 5.94. The molecule has 0 radical (unpaired) electrons. The summed E-state index contributed by atoms with van der Waals surface area (Å²) in [5, 5.41) is 0. The topological polar surface area (TPSA) is 59.8 Å². The minimum atomic E-state index is -0.248. The average Bonchev–Trinajstić information content (AvgIpc) is 2.97. The van der Waals surface area contributed by atoms with Crippen molar-refractivity contribution in [3.05, 3.63) is 24.2 Å². The van der Waals surface area contributed by atoms with Gasteiger partial charge in [0.2, 0.25) is 0 Å². The van der Waals surface area contributed by atoms with E-state index in [-0.39, 0.29) is 17.8 Å². The third-order valence-electron chi connectivity index (χ3n) is 2.78. The van der Waals surface area contributed by atoms with Crippen LogP contribution in [0.3, 0.4) is 0 Å². The van der Waals surface area contributed by atoms with Gasteiger partial charge in [0.25, 0.3) is 5.91 Å². The maximum absolute atomic E-state index is 11.9. The second-order valence-corrected chi connectivity index (χ2v) is 3.77. The molecule has 0 aliphatic carbocycles. The number of likely N-dealkylation sites (tertiary alicyclic amines) is 1. The van der Waals surface area contributed by atoms with Crippen LogP contribution < -0.4 is 0 Å². The summed E-state index contributed by atoms with van der Waals surface area (Å²) in [7, 11) is 1.36. The van der Waals surface area contributed by atoms with Gasteiger partial charge in [0.15, 0.2) is 0 Å². The van der Waals surface area contributed by atoms with Gasteiger partial charge in [-0.1, -0.05) is 0 Å². The zero-order valence-electron chi connectivity index (χ0n) is 9.01. The molecule has 1 unspecified atom stereocenters. The van der Waals surface area contributed by atoms with Crippen molar-refractivity contribution in [3.8, 4) is 0 Å². The maximum atomic E-state index is 11.9. The van der Waals surface area contributed by atoms with Gasteiger partial charge >= 0.3 is 5.97 Å². The Morgan fingerprint density at radius 1 is 1.56 bits per heavy atom. The number of ether oxygens (including phenoxy) is 1. The van der Waals surface area contributed by atoms with Crippen LogP contribution in [0.2, 0.25) is 0 Å². The van der Waals surface area contributed by atoms with Crippen molar-refractivity contribution in [3.63, 3.8) is 0 Å². The Labute approximate surface area is 93.0 Å². The van der Waals surface area contributed by atoms with Crippen molar-refractivity contribution in [2.45, 2.75) is 6.42 Å². The molecule has 0 saturated carbocycles. The molecule has 1 aliphatic rings. The number of rotatable bonds is 2. The molecule has 0 N–H and O–H groups in total. The lowest BCUT2D eigenvalue weighted by Gasteiger charge is -2.14. The third-order valence-corrected chi connectivity index (χ3v) is 2.78. The Morgan fingerprint density at radius 2 is 2.38 bits per heavy atom. The summed E-state index contributed by atoms with van der Waals surface area (Å²) in [4.78, 5) is 24.8. The van der Waals surface area contributed by atoms with E-state index in [9.17, 15) is 9.59 Å². The standard InChI is InChI=1S/C11H13NO4/c1-15-11(14)8-2-4-12(6-8)10(13)9-3-5-16-7-9/h3,5,7-8H,2,4,6H2,1H3. The van der Waals surface area contributed by atoms with E-state index >= 15 is 0 Å². The fourth-order valence-electron chi connectivity index (χ4n) is 1.87. The molecule has 5 nitrogen and oxygen atoms in total. The van der Waals surface area contributed by atoms with Gasteiger partial charge in [-0.15, -0.1) is 0 Å². The van der Waals surface area contributed by atoms with E-state index in [1.807, 2.05) is 0 Å². The number of furan rings is 1. The summed E-state index contributed by atoms with van der Waals surface area (Å²) in [6.45, 7) is 1.01. The number of carbonyl (C=O) groups excluding carboxylic acids is 2. The molecule has 2 rings (SSSR count). The molecule has 16 heavy (non-hydrogen) atoms. The molecular weight excluding hydrogens is 210 g/mol. The average molecular weight is 223 g/mol. The zero-order chi connectivity index (χ0) is 11.5. The summed E-state index contributed by atoms with van der Waals surface area (Å²) in [5.41, 5.74) is 0.519. The smallest absolute Gasteiger partial charge is 0.310 e. The van der Waals surface area contributed by atoms with Crippen LogP contribution in [0.1, 0.15) is 16.8 Å². The molecule has 0 spiro atoms. The molecule has 2 heterocycles. The van der Waals surface area contributed by atoms with Gasteiger partial charge in [-0.25, -0.2) is 0 Å². The fraction of sp³-hybridized carbons (Fsp3) is 0.455.